The number of carbonyl (C=O) groups is 1. The maximum atomic E-state index is 13.7. The van der Waals surface area contributed by atoms with Gasteiger partial charge in [0.15, 0.2) is 9.04 Å². The van der Waals surface area contributed by atoms with Crippen LogP contribution in [0.5, 0.6) is 0 Å². The van der Waals surface area contributed by atoms with Crippen LogP contribution in [0.1, 0.15) is 53.2 Å². The van der Waals surface area contributed by atoms with E-state index >= 15 is 0 Å². The molecule has 0 aliphatic heterocycles. The number of benzene rings is 1. The quantitative estimate of drug-likeness (QED) is 0.206. The molecule has 41 heavy (non-hydrogen) atoms. The molecule has 1 aromatic carbocycles. The topological polar surface area (TPSA) is 97.7 Å². The SMILES string of the molecule is C[SiH](C)OC(c1ccc2c(c1)cc(-c1cc(N)cn(COCC[Si](C)(C)C)c1=O)n2C(=O)OC(C)(C)C)C(C)(C)C. The number of hydrogen-bond donors (Lipinski definition) is 1. The Labute approximate surface area is 247 Å². The van der Waals surface area contributed by atoms with Crippen LogP contribution >= 0.6 is 0 Å². The molecule has 0 amide bonds. The molecule has 0 fully saturated rings. The molecule has 1 atom stereocenters. The van der Waals surface area contributed by atoms with Gasteiger partial charge in [-0.3, -0.25) is 9.36 Å². The maximum absolute atomic E-state index is 13.7. The van der Waals surface area contributed by atoms with Gasteiger partial charge in [-0.15, -0.1) is 0 Å². The van der Waals surface area contributed by atoms with Gasteiger partial charge in [-0.2, -0.15) is 0 Å². The standard InChI is InChI=1S/C31H49N3O5Si2/c1-30(2,3)27(39-40(7)8)21-12-13-25-22(16-21)17-26(34(25)29(36)38-31(4,5)6)24-18-23(32)19-33(28(24)35)20-37-14-15-41(9,10)11/h12-13,16-19,27,40H,14-15,20,32H2,1-11H3. The van der Waals surface area contributed by atoms with E-state index in [-0.39, 0.29) is 23.8 Å². The molecule has 0 radical (unpaired) electrons. The molecule has 2 aromatic heterocycles. The number of pyridine rings is 1. The highest BCUT2D eigenvalue weighted by Crippen LogP contribution is 2.39. The van der Waals surface area contributed by atoms with Crippen molar-refractivity contribution in [2.24, 2.45) is 5.41 Å². The molecule has 0 bridgehead atoms. The molecular weight excluding hydrogens is 551 g/mol. The normalized spacial score (nSPS) is 13.7. The summed E-state index contributed by atoms with van der Waals surface area (Å²) in [6.45, 7) is 23.8. The summed E-state index contributed by atoms with van der Waals surface area (Å²) in [7, 11) is -2.62. The Morgan fingerprint density at radius 3 is 2.27 bits per heavy atom. The molecule has 1 unspecified atom stereocenters. The highest BCUT2D eigenvalue weighted by molar-refractivity contribution is 6.76. The molecule has 2 N–H and O–H groups in total. The molecule has 3 rings (SSSR count). The van der Waals surface area contributed by atoms with E-state index in [9.17, 15) is 9.59 Å². The Balaban J connectivity index is 2.18. The zero-order chi connectivity index (χ0) is 30.9. The Morgan fingerprint density at radius 1 is 1.05 bits per heavy atom. The first kappa shape index (κ1) is 32.8. The lowest BCUT2D eigenvalue weighted by molar-refractivity contribution is 0.0547. The van der Waals surface area contributed by atoms with Crippen molar-refractivity contribution in [1.82, 2.24) is 9.13 Å². The minimum absolute atomic E-state index is 0.0852. The smallest absolute Gasteiger partial charge is 0.419 e. The van der Waals surface area contributed by atoms with Crippen molar-refractivity contribution in [3.8, 4) is 11.3 Å². The van der Waals surface area contributed by atoms with Gasteiger partial charge in [0.25, 0.3) is 5.56 Å². The predicted octanol–water partition coefficient (Wildman–Crippen LogP) is 7.23. The van der Waals surface area contributed by atoms with Crippen LogP contribution in [-0.2, 0) is 20.6 Å². The average Bonchev–Trinajstić information content (AvgIpc) is 3.18. The molecule has 10 heteroatoms. The molecule has 0 saturated carbocycles. The van der Waals surface area contributed by atoms with Crippen LogP contribution in [-0.4, -0.2) is 44.5 Å². The second-order valence-corrected chi connectivity index (χ2v) is 22.4. The van der Waals surface area contributed by atoms with Crippen molar-refractivity contribution in [1.29, 1.82) is 0 Å². The Bertz CT molecular complexity index is 1440. The number of hydrogen-bond acceptors (Lipinski definition) is 6. The van der Waals surface area contributed by atoms with E-state index in [1.807, 2.05) is 39.0 Å². The van der Waals surface area contributed by atoms with Crippen molar-refractivity contribution in [3.63, 3.8) is 0 Å². The van der Waals surface area contributed by atoms with Crippen LogP contribution in [0.25, 0.3) is 22.2 Å². The third kappa shape index (κ3) is 8.67. The summed E-state index contributed by atoms with van der Waals surface area (Å²) in [6, 6.07) is 10.4. The number of ether oxygens (including phenoxy) is 2. The molecule has 226 valence electrons. The van der Waals surface area contributed by atoms with Gasteiger partial charge in [-0.05, 0) is 75.2 Å². The van der Waals surface area contributed by atoms with E-state index < -0.39 is 28.8 Å². The van der Waals surface area contributed by atoms with Gasteiger partial charge in [-0.25, -0.2) is 9.36 Å². The highest BCUT2D eigenvalue weighted by atomic mass is 28.3. The van der Waals surface area contributed by atoms with E-state index in [4.69, 9.17) is 19.6 Å². The van der Waals surface area contributed by atoms with Crippen molar-refractivity contribution < 1.29 is 18.7 Å². The highest BCUT2D eigenvalue weighted by Gasteiger charge is 2.30. The summed E-state index contributed by atoms with van der Waals surface area (Å²) in [4.78, 5) is 27.3. The molecule has 3 aromatic rings. The number of anilines is 1. The zero-order valence-electron chi connectivity index (χ0n) is 26.8. The number of rotatable bonds is 9. The van der Waals surface area contributed by atoms with Gasteiger partial charge in [0.1, 0.15) is 12.3 Å². The Hall–Kier alpha value is -2.67. The average molecular weight is 600 g/mol. The van der Waals surface area contributed by atoms with Gasteiger partial charge >= 0.3 is 6.09 Å². The van der Waals surface area contributed by atoms with Crippen LogP contribution in [0, 0.1) is 5.41 Å². The summed E-state index contributed by atoms with van der Waals surface area (Å²) >= 11 is 0. The minimum Gasteiger partial charge on any atom is -0.443 e. The van der Waals surface area contributed by atoms with Crippen molar-refractivity contribution in [2.75, 3.05) is 12.3 Å². The van der Waals surface area contributed by atoms with Crippen LogP contribution in [0.15, 0.2) is 41.3 Å². The number of fused-ring (bicyclic) bond motifs is 1. The van der Waals surface area contributed by atoms with Gasteiger partial charge in [0.2, 0.25) is 0 Å². The second kappa shape index (κ2) is 12.3. The summed E-state index contributed by atoms with van der Waals surface area (Å²) in [5, 5.41) is 0.811. The summed E-state index contributed by atoms with van der Waals surface area (Å²) in [6.07, 6.45) is 0.915. The molecule has 0 saturated heterocycles. The largest absolute Gasteiger partial charge is 0.443 e. The fraction of sp³-hybridized carbons (Fsp3) is 0.548. The first-order chi connectivity index (χ1) is 18.8. The Morgan fingerprint density at radius 2 is 1.71 bits per heavy atom. The fourth-order valence-electron chi connectivity index (χ4n) is 4.63. The molecule has 0 spiro atoms. The fourth-order valence-corrected chi connectivity index (χ4v) is 6.50. The number of nitrogens with zero attached hydrogens (tertiary/aromatic N) is 2. The second-order valence-electron chi connectivity index (χ2n) is 14.4. The summed E-state index contributed by atoms with van der Waals surface area (Å²) < 4.78 is 21.1. The first-order valence-electron chi connectivity index (χ1n) is 14.4. The number of aromatic nitrogens is 2. The lowest BCUT2D eigenvalue weighted by atomic mass is 9.84. The molecule has 0 aliphatic carbocycles. The van der Waals surface area contributed by atoms with E-state index in [0.717, 1.165) is 17.0 Å². The zero-order valence-corrected chi connectivity index (χ0v) is 28.9. The van der Waals surface area contributed by atoms with Crippen molar-refractivity contribution in [2.45, 2.75) is 98.8 Å². The van der Waals surface area contributed by atoms with Crippen LogP contribution in [0.2, 0.25) is 38.8 Å². The molecule has 8 nitrogen and oxygen atoms in total. The number of carbonyl (C=O) groups excluding carboxylic acids is 1. The number of nitrogens with two attached hydrogens (primary N) is 1. The minimum atomic E-state index is -1.34. The summed E-state index contributed by atoms with van der Waals surface area (Å²) in [5.41, 5.74) is 7.93. The Kier molecular flexibility index (Phi) is 9.84. The van der Waals surface area contributed by atoms with E-state index in [1.165, 1.54) is 9.13 Å². The lowest BCUT2D eigenvalue weighted by Crippen LogP contribution is -2.29. The third-order valence-corrected chi connectivity index (χ3v) is 9.03. The van der Waals surface area contributed by atoms with Gasteiger partial charge < -0.3 is 19.6 Å². The van der Waals surface area contributed by atoms with E-state index in [2.05, 4.69) is 59.6 Å². The maximum Gasteiger partial charge on any atom is 0.419 e. The molecule has 2 heterocycles. The summed E-state index contributed by atoms with van der Waals surface area (Å²) in [5.74, 6) is 0. The van der Waals surface area contributed by atoms with Crippen LogP contribution in [0.3, 0.4) is 0 Å². The van der Waals surface area contributed by atoms with E-state index in [1.54, 1.807) is 12.3 Å². The van der Waals surface area contributed by atoms with Crippen LogP contribution in [0.4, 0.5) is 10.5 Å². The van der Waals surface area contributed by atoms with Gasteiger partial charge in [0.05, 0.1) is 22.9 Å². The monoisotopic (exact) mass is 599 g/mol. The predicted molar refractivity (Wildman–Crippen MR) is 174 cm³/mol. The molecule has 0 aliphatic rings. The molecular formula is C31H49N3O5Si2. The van der Waals surface area contributed by atoms with Crippen LogP contribution < -0.4 is 11.3 Å². The van der Waals surface area contributed by atoms with E-state index in [0.29, 0.717) is 29.1 Å². The first-order valence-corrected chi connectivity index (χ1v) is 20.9. The van der Waals surface area contributed by atoms with Gasteiger partial charge in [0, 0.05) is 32.0 Å². The lowest BCUT2D eigenvalue weighted by Gasteiger charge is -2.33. The van der Waals surface area contributed by atoms with Gasteiger partial charge in [-0.1, -0.05) is 46.5 Å². The van der Waals surface area contributed by atoms with Crippen molar-refractivity contribution in [3.05, 3.63) is 52.4 Å². The number of nitrogen functional groups attached to an aromatic ring is 1. The third-order valence-electron chi connectivity index (χ3n) is 6.51. The van der Waals surface area contributed by atoms with Crippen molar-refractivity contribution >= 4 is 39.8 Å².